The van der Waals surface area contributed by atoms with Gasteiger partial charge in [-0.05, 0) is 13.8 Å². The summed E-state index contributed by atoms with van der Waals surface area (Å²) in [5.74, 6) is -0.146. The standard InChI is InChI=1S/C7H13NO2/c1-3-8(4-2)7(10)5-6-9/h5-6,9H,3-4H2,1-2H3/b6-5+. The van der Waals surface area contributed by atoms with E-state index in [9.17, 15) is 4.79 Å². The quantitative estimate of drug-likeness (QED) is 0.471. The molecule has 0 atom stereocenters. The molecule has 0 unspecified atom stereocenters. The molecule has 0 aromatic heterocycles. The molecule has 0 spiro atoms. The third kappa shape index (κ3) is 2.53. The van der Waals surface area contributed by atoms with Crippen LogP contribution in [0.5, 0.6) is 0 Å². The molecule has 3 nitrogen and oxygen atoms in total. The fourth-order valence-corrected chi connectivity index (χ4v) is 0.704. The molecular weight excluding hydrogens is 130 g/mol. The van der Waals surface area contributed by atoms with Crippen molar-refractivity contribution in [1.29, 1.82) is 0 Å². The lowest BCUT2D eigenvalue weighted by Gasteiger charge is -2.15. The molecule has 0 saturated heterocycles. The predicted molar refractivity (Wildman–Crippen MR) is 39.7 cm³/mol. The van der Waals surface area contributed by atoms with E-state index in [1.165, 1.54) is 0 Å². The Hall–Kier alpha value is -0.990. The molecule has 0 radical (unpaired) electrons. The van der Waals surface area contributed by atoms with Crippen LogP contribution in [0.1, 0.15) is 13.8 Å². The van der Waals surface area contributed by atoms with Gasteiger partial charge in [-0.3, -0.25) is 4.79 Å². The Balaban J connectivity index is 3.89. The third-order valence-corrected chi connectivity index (χ3v) is 1.29. The Morgan fingerprint density at radius 3 is 2.30 bits per heavy atom. The van der Waals surface area contributed by atoms with E-state index in [1.54, 1.807) is 4.90 Å². The van der Waals surface area contributed by atoms with Gasteiger partial charge in [0.1, 0.15) is 0 Å². The number of carbonyl (C=O) groups is 1. The Morgan fingerprint density at radius 1 is 1.50 bits per heavy atom. The third-order valence-electron chi connectivity index (χ3n) is 1.29. The molecule has 0 rings (SSSR count). The zero-order chi connectivity index (χ0) is 7.98. The summed E-state index contributed by atoms with van der Waals surface area (Å²) in [5, 5.41) is 8.25. The number of rotatable bonds is 3. The highest BCUT2D eigenvalue weighted by Gasteiger charge is 2.03. The zero-order valence-corrected chi connectivity index (χ0v) is 6.37. The summed E-state index contributed by atoms with van der Waals surface area (Å²) < 4.78 is 0. The maximum absolute atomic E-state index is 10.9. The second-order valence-corrected chi connectivity index (χ2v) is 1.83. The van der Waals surface area contributed by atoms with E-state index in [-0.39, 0.29) is 5.91 Å². The van der Waals surface area contributed by atoms with Gasteiger partial charge >= 0.3 is 0 Å². The van der Waals surface area contributed by atoms with E-state index in [4.69, 9.17) is 5.11 Å². The van der Waals surface area contributed by atoms with Gasteiger partial charge in [-0.2, -0.15) is 0 Å². The first-order valence-corrected chi connectivity index (χ1v) is 3.35. The number of aliphatic hydroxyl groups is 1. The van der Waals surface area contributed by atoms with E-state index < -0.39 is 0 Å². The van der Waals surface area contributed by atoms with Crippen LogP contribution in [0.15, 0.2) is 12.3 Å². The summed E-state index contributed by atoms with van der Waals surface area (Å²) >= 11 is 0. The maximum atomic E-state index is 10.9. The van der Waals surface area contributed by atoms with Crippen LogP contribution in [-0.2, 0) is 4.79 Å². The summed E-state index contributed by atoms with van der Waals surface area (Å²) in [5.41, 5.74) is 0. The van der Waals surface area contributed by atoms with Crippen molar-refractivity contribution < 1.29 is 9.90 Å². The number of carbonyl (C=O) groups excluding carboxylic acids is 1. The van der Waals surface area contributed by atoms with Crippen LogP contribution in [0.2, 0.25) is 0 Å². The monoisotopic (exact) mass is 143 g/mol. The van der Waals surface area contributed by atoms with Crippen LogP contribution < -0.4 is 0 Å². The minimum absolute atomic E-state index is 0.146. The molecule has 0 heterocycles. The second kappa shape index (κ2) is 4.85. The maximum Gasteiger partial charge on any atom is 0.249 e. The van der Waals surface area contributed by atoms with Crippen molar-refractivity contribution in [2.24, 2.45) is 0 Å². The first-order valence-electron chi connectivity index (χ1n) is 3.35. The molecular formula is C7H13NO2. The van der Waals surface area contributed by atoms with Crippen LogP contribution in [-0.4, -0.2) is 29.0 Å². The van der Waals surface area contributed by atoms with Gasteiger partial charge in [0.2, 0.25) is 5.91 Å². The second-order valence-electron chi connectivity index (χ2n) is 1.83. The number of hydrogen-bond donors (Lipinski definition) is 1. The first-order chi connectivity index (χ1) is 4.76. The van der Waals surface area contributed by atoms with Gasteiger partial charge in [0.05, 0.1) is 6.26 Å². The van der Waals surface area contributed by atoms with E-state index in [0.29, 0.717) is 13.1 Å². The average molecular weight is 143 g/mol. The molecule has 0 aromatic carbocycles. The van der Waals surface area contributed by atoms with Gasteiger partial charge in [-0.25, -0.2) is 0 Å². The summed E-state index contributed by atoms with van der Waals surface area (Å²) in [6.07, 6.45) is 1.91. The highest BCUT2D eigenvalue weighted by Crippen LogP contribution is 1.88. The number of amides is 1. The molecule has 0 aliphatic rings. The van der Waals surface area contributed by atoms with Crippen LogP contribution in [0.25, 0.3) is 0 Å². The molecule has 10 heavy (non-hydrogen) atoms. The highest BCUT2D eigenvalue weighted by atomic mass is 16.2. The molecule has 0 saturated carbocycles. The van der Waals surface area contributed by atoms with Crippen molar-refractivity contribution in [3.05, 3.63) is 12.3 Å². The van der Waals surface area contributed by atoms with E-state index in [2.05, 4.69) is 0 Å². The van der Waals surface area contributed by atoms with Gasteiger partial charge in [0, 0.05) is 19.2 Å². The van der Waals surface area contributed by atoms with E-state index in [0.717, 1.165) is 12.3 Å². The Morgan fingerprint density at radius 2 is 2.00 bits per heavy atom. The molecule has 0 aliphatic carbocycles. The first kappa shape index (κ1) is 9.01. The van der Waals surface area contributed by atoms with Gasteiger partial charge < -0.3 is 10.0 Å². The minimum Gasteiger partial charge on any atom is -0.515 e. The summed E-state index contributed by atoms with van der Waals surface area (Å²) in [6, 6.07) is 0. The van der Waals surface area contributed by atoms with Crippen molar-refractivity contribution >= 4 is 5.91 Å². The summed E-state index contributed by atoms with van der Waals surface area (Å²) in [6.45, 7) is 5.15. The van der Waals surface area contributed by atoms with Crippen molar-refractivity contribution in [3.8, 4) is 0 Å². The lowest BCUT2D eigenvalue weighted by molar-refractivity contribution is -0.125. The van der Waals surface area contributed by atoms with Crippen LogP contribution in [0.4, 0.5) is 0 Å². The molecule has 0 aromatic rings. The minimum atomic E-state index is -0.146. The van der Waals surface area contributed by atoms with Crippen LogP contribution in [0, 0.1) is 0 Å². The van der Waals surface area contributed by atoms with Crippen molar-refractivity contribution in [2.75, 3.05) is 13.1 Å². The number of hydrogen-bond acceptors (Lipinski definition) is 2. The van der Waals surface area contributed by atoms with Crippen LogP contribution >= 0.6 is 0 Å². The lowest BCUT2D eigenvalue weighted by atomic mass is 10.4. The average Bonchev–Trinajstić information content (AvgIpc) is 1.91. The normalized spacial score (nSPS) is 10.2. The largest absolute Gasteiger partial charge is 0.515 e. The van der Waals surface area contributed by atoms with E-state index >= 15 is 0 Å². The molecule has 3 heteroatoms. The molecule has 1 amide bonds. The predicted octanol–water partition coefficient (Wildman–Crippen LogP) is 0.926. The zero-order valence-electron chi connectivity index (χ0n) is 6.37. The Kier molecular flexibility index (Phi) is 4.37. The number of likely N-dealkylation sites (N-methyl/N-ethyl adjacent to an activating group) is 1. The number of nitrogens with zero attached hydrogens (tertiary/aromatic N) is 1. The fraction of sp³-hybridized carbons (Fsp3) is 0.571. The summed E-state index contributed by atoms with van der Waals surface area (Å²) in [7, 11) is 0. The molecule has 0 aliphatic heterocycles. The Bertz CT molecular complexity index is 128. The molecule has 0 fully saturated rings. The van der Waals surface area contributed by atoms with E-state index in [1.807, 2.05) is 13.8 Å². The van der Waals surface area contributed by atoms with Crippen molar-refractivity contribution in [3.63, 3.8) is 0 Å². The van der Waals surface area contributed by atoms with Gasteiger partial charge in [0.15, 0.2) is 0 Å². The SMILES string of the molecule is CCN(CC)C(=O)/C=C/O. The summed E-state index contributed by atoms with van der Waals surface area (Å²) in [4.78, 5) is 12.5. The van der Waals surface area contributed by atoms with Crippen molar-refractivity contribution in [2.45, 2.75) is 13.8 Å². The van der Waals surface area contributed by atoms with Gasteiger partial charge in [0.25, 0.3) is 0 Å². The Labute approximate surface area is 61.0 Å². The number of aliphatic hydroxyl groups excluding tert-OH is 1. The smallest absolute Gasteiger partial charge is 0.249 e. The molecule has 58 valence electrons. The molecule has 1 N–H and O–H groups in total. The lowest BCUT2D eigenvalue weighted by Crippen LogP contribution is -2.28. The van der Waals surface area contributed by atoms with Crippen LogP contribution in [0.3, 0.4) is 0 Å². The van der Waals surface area contributed by atoms with Gasteiger partial charge in [-0.15, -0.1) is 0 Å². The fourth-order valence-electron chi connectivity index (χ4n) is 0.704. The highest BCUT2D eigenvalue weighted by molar-refractivity contribution is 5.87. The molecule has 0 bridgehead atoms. The topological polar surface area (TPSA) is 40.5 Å². The van der Waals surface area contributed by atoms with Crippen molar-refractivity contribution in [1.82, 2.24) is 4.90 Å². The van der Waals surface area contributed by atoms with Gasteiger partial charge in [-0.1, -0.05) is 0 Å².